The molecule has 1 atom stereocenters. The molecule has 1 aromatic heterocycles. The lowest BCUT2D eigenvalue weighted by molar-refractivity contribution is 0.117. The number of unbranched alkanes of at least 4 members (excludes halogenated alkanes) is 1. The molecule has 9 heteroatoms. The molecule has 37 heavy (non-hydrogen) atoms. The van der Waals surface area contributed by atoms with Crippen LogP contribution in [0.2, 0.25) is 19.6 Å². The summed E-state index contributed by atoms with van der Waals surface area (Å²) in [6, 6.07) is 12.7. The summed E-state index contributed by atoms with van der Waals surface area (Å²) in [5.74, 6) is 0.164. The third kappa shape index (κ3) is 6.52. The normalized spacial score (nSPS) is 13.1. The molecule has 0 amide bonds. The maximum absolute atomic E-state index is 14.3. The Kier molecular flexibility index (Phi) is 9.39. The van der Waals surface area contributed by atoms with E-state index in [1.54, 1.807) is 26.0 Å². The molecule has 1 N–H and O–H groups in total. The van der Waals surface area contributed by atoms with Crippen molar-refractivity contribution in [3.05, 3.63) is 64.8 Å². The number of aliphatic hydroxyl groups is 1. The van der Waals surface area contributed by atoms with Crippen LogP contribution in [-0.2, 0) is 27.8 Å². The van der Waals surface area contributed by atoms with Gasteiger partial charge in [-0.3, -0.25) is 0 Å². The van der Waals surface area contributed by atoms with E-state index in [1.165, 1.54) is 4.31 Å². The smallest absolute Gasteiger partial charge is 0.269 e. The van der Waals surface area contributed by atoms with Gasteiger partial charge in [0.2, 0.25) is 5.88 Å². The first-order chi connectivity index (χ1) is 17.4. The number of aromatic nitrogens is 1. The Morgan fingerprint density at radius 1 is 1.11 bits per heavy atom. The molecule has 0 aliphatic rings. The van der Waals surface area contributed by atoms with Gasteiger partial charge in [0.15, 0.2) is 0 Å². The Labute approximate surface area is 222 Å². The summed E-state index contributed by atoms with van der Waals surface area (Å²) in [6.07, 6.45) is 2.75. The Morgan fingerprint density at radius 2 is 1.81 bits per heavy atom. The van der Waals surface area contributed by atoms with Gasteiger partial charge in [-0.25, -0.2) is 12.7 Å². The lowest BCUT2D eigenvalue weighted by atomic mass is 9.94. The van der Waals surface area contributed by atoms with Crippen LogP contribution in [0.4, 0.5) is 5.88 Å². The van der Waals surface area contributed by atoms with Crippen molar-refractivity contribution in [2.45, 2.75) is 83.8 Å². The van der Waals surface area contributed by atoms with Gasteiger partial charge in [0, 0.05) is 16.9 Å². The first kappa shape index (κ1) is 29.1. The number of ether oxygens (including phenoxy) is 1. The molecule has 1 heterocycles. The Morgan fingerprint density at radius 3 is 2.41 bits per heavy atom. The van der Waals surface area contributed by atoms with Crippen molar-refractivity contribution in [2.75, 3.05) is 11.0 Å². The van der Waals surface area contributed by atoms with Crippen LogP contribution in [0.5, 0.6) is 0 Å². The van der Waals surface area contributed by atoms with Crippen LogP contribution >= 0.6 is 0 Å². The Bertz CT molecular complexity index is 1310. The van der Waals surface area contributed by atoms with Crippen LogP contribution in [0.25, 0.3) is 11.1 Å². The molecule has 3 aromatic rings. The number of hydrogen-bond acceptors (Lipinski definition) is 6. The highest BCUT2D eigenvalue weighted by Gasteiger charge is 2.34. The Hall–Kier alpha value is -2.46. The van der Waals surface area contributed by atoms with Crippen molar-refractivity contribution in [3.63, 3.8) is 0 Å². The van der Waals surface area contributed by atoms with Crippen molar-refractivity contribution < 1.29 is 22.8 Å². The third-order valence-electron chi connectivity index (χ3n) is 6.92. The van der Waals surface area contributed by atoms with E-state index >= 15 is 0 Å². The fourth-order valence-corrected chi connectivity index (χ4v) is 6.02. The second kappa shape index (κ2) is 11.9. The molecule has 0 saturated carbocycles. The minimum atomic E-state index is -4.10. The highest BCUT2D eigenvalue weighted by molar-refractivity contribution is 7.93. The fourth-order valence-electron chi connectivity index (χ4n) is 3.92. The molecule has 0 spiro atoms. The molecule has 202 valence electrons. The monoisotopic (exact) mass is 544 g/mol. The number of sulfonamides is 1. The molecular weight excluding hydrogens is 504 g/mol. The number of aliphatic hydroxyl groups excluding tert-OH is 1. The summed E-state index contributed by atoms with van der Waals surface area (Å²) in [5.41, 5.74) is 4.47. The molecule has 0 radical (unpaired) electrons. The summed E-state index contributed by atoms with van der Waals surface area (Å²) in [7, 11) is -5.77. The largest absolute Gasteiger partial charge is 0.392 e. The SMILES string of the molecule is CCCCc1cc(CO)ccc1-c1ccccc1S(=O)(=O)N(COC(C)[Si](C)(C)C)c1onc(C)c1C. The van der Waals surface area contributed by atoms with Crippen molar-refractivity contribution in [1.29, 1.82) is 0 Å². The molecule has 0 bridgehead atoms. The van der Waals surface area contributed by atoms with Crippen molar-refractivity contribution >= 4 is 24.0 Å². The van der Waals surface area contributed by atoms with E-state index in [0.29, 0.717) is 16.8 Å². The zero-order valence-corrected chi connectivity index (χ0v) is 24.9. The highest BCUT2D eigenvalue weighted by Crippen LogP contribution is 2.36. The maximum atomic E-state index is 14.3. The summed E-state index contributed by atoms with van der Waals surface area (Å²) in [4.78, 5) is 0.169. The van der Waals surface area contributed by atoms with Crippen LogP contribution < -0.4 is 4.31 Å². The number of nitrogens with zero attached hydrogens (tertiary/aromatic N) is 2. The number of aryl methyl sites for hydroxylation is 2. The maximum Gasteiger partial charge on any atom is 0.269 e. The van der Waals surface area contributed by atoms with E-state index in [1.807, 2.05) is 37.3 Å². The summed E-state index contributed by atoms with van der Waals surface area (Å²) in [6.45, 7) is 14.0. The van der Waals surface area contributed by atoms with Gasteiger partial charge in [-0.15, -0.1) is 0 Å². The first-order valence-electron chi connectivity index (χ1n) is 12.8. The Balaban J connectivity index is 2.15. The standard InChI is InChI=1S/C28H40N2O5SSi/c1-8-9-12-24-17-23(18-31)15-16-25(24)26-13-10-11-14-27(26)36(32,33)30(19-34-22(4)37(5,6)7)28-20(2)21(3)29-35-28/h10-11,13-17,22,31H,8-9,12,18-19H2,1-7H3. The minimum absolute atomic E-state index is 0.0656. The predicted molar refractivity (Wildman–Crippen MR) is 151 cm³/mol. The summed E-state index contributed by atoms with van der Waals surface area (Å²) < 4.78 is 41.5. The number of anilines is 1. The van der Waals surface area contributed by atoms with Crippen LogP contribution in [0.15, 0.2) is 51.9 Å². The van der Waals surface area contributed by atoms with Gasteiger partial charge in [-0.1, -0.05) is 74.5 Å². The van der Waals surface area contributed by atoms with Crippen LogP contribution in [0.3, 0.4) is 0 Å². The van der Waals surface area contributed by atoms with Gasteiger partial charge in [0.25, 0.3) is 10.0 Å². The van der Waals surface area contributed by atoms with Gasteiger partial charge >= 0.3 is 0 Å². The molecule has 3 rings (SSSR count). The summed E-state index contributed by atoms with van der Waals surface area (Å²) >= 11 is 0. The van der Waals surface area contributed by atoms with Crippen LogP contribution in [0.1, 0.15) is 49.1 Å². The van der Waals surface area contributed by atoms with Gasteiger partial charge in [0.1, 0.15) is 6.73 Å². The number of hydrogen-bond donors (Lipinski definition) is 1. The van der Waals surface area contributed by atoms with E-state index in [2.05, 4.69) is 31.7 Å². The zero-order chi connectivity index (χ0) is 27.4. The highest BCUT2D eigenvalue weighted by atomic mass is 32.2. The quantitative estimate of drug-likeness (QED) is 0.215. The van der Waals surface area contributed by atoms with Gasteiger partial charge in [-0.05, 0) is 56.4 Å². The third-order valence-corrected chi connectivity index (χ3v) is 11.3. The lowest BCUT2D eigenvalue weighted by Crippen LogP contribution is -2.42. The van der Waals surface area contributed by atoms with Gasteiger partial charge in [-0.2, -0.15) is 0 Å². The minimum Gasteiger partial charge on any atom is -0.392 e. The van der Waals surface area contributed by atoms with E-state index in [9.17, 15) is 13.5 Å². The van der Waals surface area contributed by atoms with Crippen molar-refractivity contribution in [1.82, 2.24) is 5.16 Å². The van der Waals surface area contributed by atoms with Crippen molar-refractivity contribution in [2.24, 2.45) is 0 Å². The second-order valence-corrected chi connectivity index (χ2v) is 18.0. The fraction of sp³-hybridized carbons (Fsp3) is 0.464. The van der Waals surface area contributed by atoms with Crippen molar-refractivity contribution in [3.8, 4) is 11.1 Å². The molecule has 2 aromatic carbocycles. The average Bonchev–Trinajstić information content (AvgIpc) is 3.19. The molecule has 0 aliphatic carbocycles. The first-order valence-corrected chi connectivity index (χ1v) is 17.8. The summed E-state index contributed by atoms with van der Waals surface area (Å²) in [5, 5.41) is 13.7. The van der Waals surface area contributed by atoms with Crippen LogP contribution in [-0.4, -0.2) is 39.2 Å². The van der Waals surface area contributed by atoms with E-state index < -0.39 is 18.1 Å². The second-order valence-electron chi connectivity index (χ2n) is 10.6. The van der Waals surface area contributed by atoms with E-state index in [-0.39, 0.29) is 29.8 Å². The number of rotatable bonds is 12. The molecule has 0 saturated heterocycles. The van der Waals surface area contributed by atoms with Crippen LogP contribution in [0, 0.1) is 13.8 Å². The van der Waals surface area contributed by atoms with E-state index in [4.69, 9.17) is 9.26 Å². The molecular formula is C28H40N2O5SSi. The molecule has 1 unspecified atom stereocenters. The average molecular weight is 545 g/mol. The molecule has 0 aliphatic heterocycles. The molecule has 7 nitrogen and oxygen atoms in total. The zero-order valence-electron chi connectivity index (χ0n) is 23.0. The predicted octanol–water partition coefficient (Wildman–Crippen LogP) is 6.23. The molecule has 0 fully saturated rings. The van der Waals surface area contributed by atoms with Gasteiger partial charge < -0.3 is 14.4 Å². The van der Waals surface area contributed by atoms with Gasteiger partial charge in [0.05, 0.1) is 25.3 Å². The topological polar surface area (TPSA) is 92.9 Å². The lowest BCUT2D eigenvalue weighted by Gasteiger charge is -2.29. The van der Waals surface area contributed by atoms with E-state index in [0.717, 1.165) is 36.0 Å². The number of benzene rings is 2.